The van der Waals surface area contributed by atoms with Crippen LogP contribution in [0.15, 0.2) is 30.3 Å². The van der Waals surface area contributed by atoms with Crippen molar-refractivity contribution in [2.75, 3.05) is 13.2 Å². The van der Waals surface area contributed by atoms with E-state index in [4.69, 9.17) is 16.3 Å². The van der Waals surface area contributed by atoms with Crippen molar-refractivity contribution in [1.29, 1.82) is 0 Å². The Bertz CT molecular complexity index is 587. The van der Waals surface area contributed by atoms with Crippen molar-refractivity contribution in [3.8, 4) is 0 Å². The van der Waals surface area contributed by atoms with Crippen LogP contribution in [-0.4, -0.2) is 36.2 Å². The summed E-state index contributed by atoms with van der Waals surface area (Å²) in [5.41, 5.74) is -0.383. The second-order valence-corrected chi connectivity index (χ2v) is 5.56. The Morgan fingerprint density at radius 1 is 1.48 bits per heavy atom. The number of hydrogen-bond acceptors (Lipinski definition) is 3. The van der Waals surface area contributed by atoms with Gasteiger partial charge in [-0.3, -0.25) is 9.59 Å². The molecule has 112 valence electrons. The lowest BCUT2D eigenvalue weighted by atomic mass is 9.85. The summed E-state index contributed by atoms with van der Waals surface area (Å²) in [6, 6.07) is 6.57. The number of carboxylic acids is 1. The molecule has 1 saturated heterocycles. The van der Waals surface area contributed by atoms with Gasteiger partial charge in [-0.1, -0.05) is 29.8 Å². The number of carboxylic acid groups (broad SMARTS) is 1. The number of benzene rings is 1. The van der Waals surface area contributed by atoms with Gasteiger partial charge in [0.15, 0.2) is 0 Å². The van der Waals surface area contributed by atoms with Crippen LogP contribution in [0.2, 0.25) is 5.02 Å². The highest BCUT2D eigenvalue weighted by molar-refractivity contribution is 6.32. The SMILES string of the molecule is CC1(C(=O)O)COCC1NC(=O)C=Cc1ccccc1Cl. The highest BCUT2D eigenvalue weighted by Gasteiger charge is 2.47. The first-order chi connectivity index (χ1) is 9.93. The quantitative estimate of drug-likeness (QED) is 0.834. The number of nitrogens with one attached hydrogen (secondary N) is 1. The average Bonchev–Trinajstić information content (AvgIpc) is 2.81. The van der Waals surface area contributed by atoms with Crippen LogP contribution in [-0.2, 0) is 14.3 Å². The van der Waals surface area contributed by atoms with E-state index in [0.29, 0.717) is 5.02 Å². The summed E-state index contributed by atoms with van der Waals surface area (Å²) in [5.74, 6) is -1.36. The number of hydrogen-bond donors (Lipinski definition) is 2. The fourth-order valence-electron chi connectivity index (χ4n) is 2.08. The van der Waals surface area contributed by atoms with Crippen molar-refractivity contribution in [2.24, 2.45) is 5.41 Å². The third-order valence-corrected chi connectivity index (χ3v) is 3.92. The minimum absolute atomic E-state index is 0.0848. The molecule has 2 unspecified atom stereocenters. The van der Waals surface area contributed by atoms with Crippen LogP contribution in [0.1, 0.15) is 12.5 Å². The van der Waals surface area contributed by atoms with Crippen molar-refractivity contribution < 1.29 is 19.4 Å². The van der Waals surface area contributed by atoms with E-state index in [9.17, 15) is 14.7 Å². The fourth-order valence-corrected chi connectivity index (χ4v) is 2.28. The van der Waals surface area contributed by atoms with Crippen molar-refractivity contribution in [1.82, 2.24) is 5.32 Å². The molecular formula is C15H16ClNO4. The highest BCUT2D eigenvalue weighted by Crippen LogP contribution is 2.28. The van der Waals surface area contributed by atoms with Gasteiger partial charge >= 0.3 is 5.97 Å². The Morgan fingerprint density at radius 3 is 2.86 bits per heavy atom. The van der Waals surface area contributed by atoms with Crippen LogP contribution in [0.5, 0.6) is 0 Å². The van der Waals surface area contributed by atoms with Gasteiger partial charge in [-0.05, 0) is 24.6 Å². The zero-order valence-corrected chi connectivity index (χ0v) is 12.3. The number of carbonyl (C=O) groups excluding carboxylic acids is 1. The molecule has 2 rings (SSSR count). The zero-order valence-electron chi connectivity index (χ0n) is 11.5. The van der Waals surface area contributed by atoms with E-state index >= 15 is 0 Å². The van der Waals surface area contributed by atoms with Crippen LogP contribution in [0.25, 0.3) is 6.08 Å². The third-order valence-electron chi connectivity index (χ3n) is 3.58. The van der Waals surface area contributed by atoms with E-state index < -0.39 is 17.4 Å². The Balaban J connectivity index is 2.02. The van der Waals surface area contributed by atoms with Crippen molar-refractivity contribution in [2.45, 2.75) is 13.0 Å². The Morgan fingerprint density at radius 2 is 2.19 bits per heavy atom. The summed E-state index contributed by atoms with van der Waals surface area (Å²) in [6.07, 6.45) is 2.92. The molecule has 2 N–H and O–H groups in total. The fraction of sp³-hybridized carbons (Fsp3) is 0.333. The molecule has 0 radical (unpaired) electrons. The van der Waals surface area contributed by atoms with Gasteiger partial charge in [0.05, 0.1) is 19.3 Å². The molecule has 1 aromatic rings. The lowest BCUT2D eigenvalue weighted by Crippen LogP contribution is -2.49. The normalized spacial score (nSPS) is 25.1. The van der Waals surface area contributed by atoms with Crippen LogP contribution in [0, 0.1) is 5.41 Å². The summed E-state index contributed by atoms with van der Waals surface area (Å²) in [5, 5.41) is 12.4. The van der Waals surface area contributed by atoms with Gasteiger partial charge in [0.2, 0.25) is 5.91 Å². The molecule has 0 bridgehead atoms. The van der Waals surface area contributed by atoms with Crippen molar-refractivity contribution >= 4 is 29.6 Å². The molecule has 1 aliphatic rings. The molecule has 1 aromatic carbocycles. The Labute approximate surface area is 127 Å². The first-order valence-corrected chi connectivity index (χ1v) is 6.85. The zero-order chi connectivity index (χ0) is 15.5. The summed E-state index contributed by atoms with van der Waals surface area (Å²) in [4.78, 5) is 23.2. The largest absolute Gasteiger partial charge is 0.481 e. The predicted molar refractivity (Wildman–Crippen MR) is 79.0 cm³/mol. The topological polar surface area (TPSA) is 75.6 Å². The molecular weight excluding hydrogens is 294 g/mol. The van der Waals surface area contributed by atoms with Gasteiger partial charge in [-0.25, -0.2) is 0 Å². The van der Waals surface area contributed by atoms with E-state index in [1.807, 2.05) is 6.07 Å². The smallest absolute Gasteiger partial charge is 0.313 e. The highest BCUT2D eigenvalue weighted by atomic mass is 35.5. The lowest BCUT2D eigenvalue weighted by Gasteiger charge is -2.24. The van der Waals surface area contributed by atoms with Crippen molar-refractivity contribution in [3.63, 3.8) is 0 Å². The number of halogens is 1. The Kier molecular flexibility index (Phi) is 4.65. The minimum Gasteiger partial charge on any atom is -0.481 e. The van der Waals surface area contributed by atoms with Crippen molar-refractivity contribution in [3.05, 3.63) is 40.9 Å². The van der Waals surface area contributed by atoms with E-state index in [2.05, 4.69) is 5.32 Å². The van der Waals surface area contributed by atoms with Gasteiger partial charge in [-0.15, -0.1) is 0 Å². The predicted octanol–water partition coefficient (Wildman–Crippen LogP) is 1.96. The number of ether oxygens (including phenoxy) is 1. The van der Waals surface area contributed by atoms with Crippen LogP contribution < -0.4 is 5.32 Å². The summed E-state index contributed by atoms with van der Waals surface area (Å²) < 4.78 is 5.18. The number of rotatable bonds is 4. The van der Waals surface area contributed by atoms with Gasteiger partial charge in [0.25, 0.3) is 0 Å². The van der Waals surface area contributed by atoms with E-state index in [-0.39, 0.29) is 19.1 Å². The Hall–Kier alpha value is -1.85. The minimum atomic E-state index is -1.10. The third kappa shape index (κ3) is 3.43. The van der Waals surface area contributed by atoms with Gasteiger partial charge in [-0.2, -0.15) is 0 Å². The molecule has 1 heterocycles. The maximum absolute atomic E-state index is 11.9. The summed E-state index contributed by atoms with van der Waals surface area (Å²) in [6.45, 7) is 1.83. The molecule has 5 nitrogen and oxygen atoms in total. The number of amides is 1. The molecule has 21 heavy (non-hydrogen) atoms. The number of carbonyl (C=O) groups is 2. The summed E-state index contributed by atoms with van der Waals surface area (Å²) >= 11 is 5.98. The molecule has 0 aliphatic carbocycles. The van der Waals surface area contributed by atoms with E-state index in [1.165, 1.54) is 6.08 Å². The molecule has 1 fully saturated rings. The molecule has 0 spiro atoms. The molecule has 6 heteroatoms. The maximum Gasteiger partial charge on any atom is 0.313 e. The molecule has 1 amide bonds. The van der Waals surface area contributed by atoms with Crippen LogP contribution >= 0.6 is 11.6 Å². The van der Waals surface area contributed by atoms with Gasteiger partial charge < -0.3 is 15.2 Å². The lowest BCUT2D eigenvalue weighted by molar-refractivity contribution is -0.148. The van der Waals surface area contributed by atoms with E-state index in [1.54, 1.807) is 31.2 Å². The molecule has 1 aliphatic heterocycles. The van der Waals surface area contributed by atoms with Crippen LogP contribution in [0.3, 0.4) is 0 Å². The maximum atomic E-state index is 11.9. The first-order valence-electron chi connectivity index (χ1n) is 6.48. The molecule has 0 saturated carbocycles. The van der Waals surface area contributed by atoms with Crippen LogP contribution in [0.4, 0.5) is 0 Å². The van der Waals surface area contributed by atoms with E-state index in [0.717, 1.165) is 5.56 Å². The molecule has 2 atom stereocenters. The number of aliphatic carboxylic acids is 1. The first kappa shape index (κ1) is 15.5. The summed E-state index contributed by atoms with van der Waals surface area (Å²) in [7, 11) is 0. The van der Waals surface area contributed by atoms with Gasteiger partial charge in [0.1, 0.15) is 5.41 Å². The second kappa shape index (κ2) is 6.28. The monoisotopic (exact) mass is 309 g/mol. The standard InChI is InChI=1S/C15H16ClNO4/c1-15(14(19)20)9-21-8-12(15)17-13(18)7-6-10-4-2-3-5-11(10)16/h2-7,12H,8-9H2,1H3,(H,17,18)(H,19,20). The van der Waals surface area contributed by atoms with Gasteiger partial charge in [0, 0.05) is 11.1 Å². The average molecular weight is 310 g/mol. The molecule has 0 aromatic heterocycles. The second-order valence-electron chi connectivity index (χ2n) is 5.15.